The minimum Gasteiger partial charge on any atom is -0.355 e. The summed E-state index contributed by atoms with van der Waals surface area (Å²) in [6.07, 6.45) is 1.59. The van der Waals surface area contributed by atoms with Gasteiger partial charge in [-0.3, -0.25) is 4.79 Å². The van der Waals surface area contributed by atoms with Gasteiger partial charge in [-0.25, -0.2) is 0 Å². The summed E-state index contributed by atoms with van der Waals surface area (Å²) in [5, 5.41) is 19.4. The zero-order chi connectivity index (χ0) is 17.9. The van der Waals surface area contributed by atoms with E-state index >= 15 is 0 Å². The molecule has 8 nitrogen and oxygen atoms in total. The lowest BCUT2D eigenvalue weighted by atomic mass is 9.96. The summed E-state index contributed by atoms with van der Waals surface area (Å²) >= 11 is 5.88. The van der Waals surface area contributed by atoms with E-state index in [-0.39, 0.29) is 11.8 Å². The number of tetrazole rings is 1. The summed E-state index contributed by atoms with van der Waals surface area (Å²) < 4.78 is 1.42. The molecule has 0 radical (unpaired) electrons. The molecule has 26 heavy (non-hydrogen) atoms. The summed E-state index contributed by atoms with van der Waals surface area (Å²) in [5.41, 5.74) is 1.66. The lowest BCUT2D eigenvalue weighted by Crippen LogP contribution is -2.40. The number of rotatable bonds is 4. The van der Waals surface area contributed by atoms with Gasteiger partial charge >= 0.3 is 0 Å². The number of hydrogen-bond donors (Lipinski definition) is 1. The Morgan fingerprint density at radius 3 is 2.69 bits per heavy atom. The second-order valence-electron chi connectivity index (χ2n) is 6.32. The summed E-state index contributed by atoms with van der Waals surface area (Å²) in [6, 6.07) is 11.3. The van der Waals surface area contributed by atoms with Crippen molar-refractivity contribution in [1.82, 2.24) is 30.6 Å². The fourth-order valence-corrected chi connectivity index (χ4v) is 3.24. The van der Waals surface area contributed by atoms with Gasteiger partial charge in [0, 0.05) is 30.6 Å². The van der Waals surface area contributed by atoms with Gasteiger partial charge < -0.3 is 10.2 Å². The number of aromatic nitrogens is 5. The van der Waals surface area contributed by atoms with Gasteiger partial charge in [-0.2, -0.15) is 0 Å². The number of nitrogens with one attached hydrogen (secondary N) is 1. The van der Waals surface area contributed by atoms with Crippen LogP contribution in [0.15, 0.2) is 36.4 Å². The molecule has 1 amide bonds. The fourth-order valence-electron chi connectivity index (χ4n) is 3.12. The van der Waals surface area contributed by atoms with Crippen LogP contribution in [0, 0.1) is 5.92 Å². The van der Waals surface area contributed by atoms with Crippen LogP contribution >= 0.6 is 11.6 Å². The monoisotopic (exact) mass is 371 g/mol. The maximum Gasteiger partial charge on any atom is 0.223 e. The van der Waals surface area contributed by atoms with Crippen LogP contribution in [0.1, 0.15) is 18.4 Å². The number of carbonyl (C=O) groups is 1. The Kier molecular flexibility index (Phi) is 4.66. The number of fused-ring (bicyclic) bond motifs is 1. The third-order valence-corrected chi connectivity index (χ3v) is 4.88. The molecule has 0 unspecified atom stereocenters. The van der Waals surface area contributed by atoms with Crippen LogP contribution in [0.3, 0.4) is 0 Å². The second kappa shape index (κ2) is 7.25. The smallest absolute Gasteiger partial charge is 0.223 e. The first-order valence-electron chi connectivity index (χ1n) is 8.51. The summed E-state index contributed by atoms with van der Waals surface area (Å²) in [6.45, 7) is 2.08. The normalized spacial score (nSPS) is 15.3. The van der Waals surface area contributed by atoms with E-state index in [1.165, 1.54) is 4.63 Å². The van der Waals surface area contributed by atoms with Crippen molar-refractivity contribution in [2.45, 2.75) is 19.4 Å². The molecule has 0 saturated carbocycles. The van der Waals surface area contributed by atoms with Crippen molar-refractivity contribution in [2.75, 3.05) is 18.0 Å². The number of nitrogens with zero attached hydrogens (tertiary/aromatic N) is 6. The average Bonchev–Trinajstić information content (AvgIpc) is 3.15. The van der Waals surface area contributed by atoms with Crippen LogP contribution in [-0.2, 0) is 11.3 Å². The van der Waals surface area contributed by atoms with Crippen molar-refractivity contribution in [2.24, 2.45) is 5.92 Å². The Balaban J connectivity index is 1.31. The molecule has 9 heteroatoms. The Bertz CT molecular complexity index is 903. The third kappa shape index (κ3) is 3.60. The maximum atomic E-state index is 12.4. The zero-order valence-corrected chi connectivity index (χ0v) is 14.8. The van der Waals surface area contributed by atoms with E-state index in [1.807, 2.05) is 36.4 Å². The summed E-state index contributed by atoms with van der Waals surface area (Å²) in [4.78, 5) is 14.6. The van der Waals surface area contributed by atoms with Gasteiger partial charge in [-0.05, 0) is 53.1 Å². The van der Waals surface area contributed by atoms with Crippen molar-refractivity contribution in [3.05, 3.63) is 47.0 Å². The molecule has 4 rings (SSSR count). The van der Waals surface area contributed by atoms with E-state index in [2.05, 4.69) is 30.8 Å². The molecule has 1 aromatic carbocycles. The van der Waals surface area contributed by atoms with Crippen molar-refractivity contribution in [3.8, 4) is 0 Å². The highest BCUT2D eigenvalue weighted by Gasteiger charge is 2.25. The van der Waals surface area contributed by atoms with Crippen LogP contribution in [-0.4, -0.2) is 44.3 Å². The molecule has 1 aliphatic heterocycles. The largest absolute Gasteiger partial charge is 0.355 e. The van der Waals surface area contributed by atoms with Gasteiger partial charge in [-0.15, -0.1) is 14.8 Å². The van der Waals surface area contributed by atoms with Crippen LogP contribution in [0.25, 0.3) is 5.65 Å². The van der Waals surface area contributed by atoms with Crippen molar-refractivity contribution in [3.63, 3.8) is 0 Å². The Labute approximate surface area is 155 Å². The molecule has 1 aliphatic rings. The van der Waals surface area contributed by atoms with Crippen molar-refractivity contribution >= 4 is 29.0 Å². The SMILES string of the molecule is O=C(NCc1ccc(Cl)cc1)C1CCN(c2ccc3nnnn3n2)CC1. The minimum atomic E-state index is 0.0234. The van der Waals surface area contributed by atoms with E-state index in [0.29, 0.717) is 17.2 Å². The first-order chi connectivity index (χ1) is 12.7. The maximum absolute atomic E-state index is 12.4. The first kappa shape index (κ1) is 16.7. The Hall–Kier alpha value is -2.74. The number of amides is 1. The highest BCUT2D eigenvalue weighted by atomic mass is 35.5. The third-order valence-electron chi connectivity index (χ3n) is 4.63. The predicted molar refractivity (Wildman–Crippen MR) is 96.8 cm³/mol. The molecule has 0 spiro atoms. The van der Waals surface area contributed by atoms with Gasteiger partial charge in [0.2, 0.25) is 5.91 Å². The molecule has 134 valence electrons. The minimum absolute atomic E-state index is 0.0234. The van der Waals surface area contributed by atoms with E-state index < -0.39 is 0 Å². The highest BCUT2D eigenvalue weighted by Crippen LogP contribution is 2.22. The quantitative estimate of drug-likeness (QED) is 0.751. The van der Waals surface area contributed by atoms with Crippen LogP contribution in [0.2, 0.25) is 5.02 Å². The topological polar surface area (TPSA) is 88.3 Å². The molecular formula is C17H18ClN7O. The number of piperidine rings is 1. The standard InChI is InChI=1S/C17H18ClN7O/c18-14-3-1-12(2-4-14)11-19-17(26)13-7-9-24(10-8-13)16-6-5-15-20-22-23-25(15)21-16/h1-6,13H,7-11H2,(H,19,26). The van der Waals surface area contributed by atoms with E-state index in [9.17, 15) is 4.79 Å². The van der Waals surface area contributed by atoms with Crippen LogP contribution in [0.4, 0.5) is 5.82 Å². The van der Waals surface area contributed by atoms with Gasteiger partial charge in [-0.1, -0.05) is 23.7 Å². The molecule has 0 atom stereocenters. The zero-order valence-electron chi connectivity index (χ0n) is 14.0. The Morgan fingerprint density at radius 1 is 1.15 bits per heavy atom. The number of halogens is 1. The van der Waals surface area contributed by atoms with Crippen LogP contribution in [0.5, 0.6) is 0 Å². The number of anilines is 1. The molecular weight excluding hydrogens is 354 g/mol. The predicted octanol–water partition coefficient (Wildman–Crippen LogP) is 1.71. The number of benzene rings is 1. The average molecular weight is 372 g/mol. The highest BCUT2D eigenvalue weighted by molar-refractivity contribution is 6.30. The molecule has 0 bridgehead atoms. The molecule has 1 saturated heterocycles. The van der Waals surface area contributed by atoms with Gasteiger partial charge in [0.1, 0.15) is 0 Å². The van der Waals surface area contributed by atoms with E-state index in [1.54, 1.807) is 0 Å². The lowest BCUT2D eigenvalue weighted by molar-refractivity contribution is -0.125. The fraction of sp³-hybridized carbons (Fsp3) is 0.353. The van der Waals surface area contributed by atoms with Gasteiger partial charge in [0.05, 0.1) is 0 Å². The summed E-state index contributed by atoms with van der Waals surface area (Å²) in [5.74, 6) is 0.948. The number of carbonyl (C=O) groups excluding carboxylic acids is 1. The molecule has 0 aliphatic carbocycles. The lowest BCUT2D eigenvalue weighted by Gasteiger charge is -2.31. The van der Waals surface area contributed by atoms with Gasteiger partial charge in [0.25, 0.3) is 0 Å². The van der Waals surface area contributed by atoms with Crippen molar-refractivity contribution < 1.29 is 4.79 Å². The molecule has 1 fully saturated rings. The molecule has 2 aromatic heterocycles. The Morgan fingerprint density at radius 2 is 1.92 bits per heavy atom. The molecule has 1 N–H and O–H groups in total. The first-order valence-corrected chi connectivity index (χ1v) is 8.89. The van der Waals surface area contributed by atoms with E-state index in [4.69, 9.17) is 11.6 Å². The van der Waals surface area contributed by atoms with Crippen molar-refractivity contribution in [1.29, 1.82) is 0 Å². The molecule has 3 heterocycles. The van der Waals surface area contributed by atoms with Crippen LogP contribution < -0.4 is 10.2 Å². The van der Waals surface area contributed by atoms with Gasteiger partial charge in [0.15, 0.2) is 11.5 Å². The second-order valence-corrected chi connectivity index (χ2v) is 6.76. The molecule has 3 aromatic rings. The van der Waals surface area contributed by atoms with E-state index in [0.717, 1.165) is 37.3 Å². The number of hydrogen-bond acceptors (Lipinski definition) is 6. The summed E-state index contributed by atoms with van der Waals surface area (Å²) in [7, 11) is 0.